The first-order valence-electron chi connectivity index (χ1n) is 9.37. The molecule has 0 aromatic carbocycles. The van der Waals surface area contributed by atoms with Crippen LogP contribution in [0.4, 0.5) is 0 Å². The van der Waals surface area contributed by atoms with Gasteiger partial charge in [-0.25, -0.2) is 9.59 Å². The van der Waals surface area contributed by atoms with Crippen molar-refractivity contribution < 1.29 is 19.8 Å². The molecule has 0 aliphatic rings. The zero-order valence-corrected chi connectivity index (χ0v) is 20.5. The Morgan fingerprint density at radius 3 is 1.47 bits per heavy atom. The number of carboxylic acids is 2. The largest absolute Gasteiger partial charge is 0.477 e. The number of hydrogen-bond acceptors (Lipinski definition) is 7. The summed E-state index contributed by atoms with van der Waals surface area (Å²) >= 11 is 7.67. The van der Waals surface area contributed by atoms with Crippen molar-refractivity contribution in [2.24, 2.45) is 0 Å². The molecule has 5 rings (SSSR count). The minimum absolute atomic E-state index is 0.346. The van der Waals surface area contributed by atoms with Gasteiger partial charge >= 0.3 is 11.9 Å². The second kappa shape index (κ2) is 8.42. The molecule has 5 aromatic rings. The van der Waals surface area contributed by atoms with Crippen LogP contribution < -0.4 is 0 Å². The van der Waals surface area contributed by atoms with Gasteiger partial charge in [-0.1, -0.05) is 0 Å². The predicted molar refractivity (Wildman–Crippen MR) is 136 cm³/mol. The van der Waals surface area contributed by atoms with Crippen LogP contribution in [0.15, 0.2) is 54.6 Å². The third-order valence-corrected chi connectivity index (χ3v) is 11.0. The fraction of sp³-hybridized carbons (Fsp3) is 0.0435. The Labute approximate surface area is 203 Å². The van der Waals surface area contributed by atoms with Crippen LogP contribution in [-0.2, 0) is 0 Å². The van der Waals surface area contributed by atoms with Crippen LogP contribution in [0, 0.1) is 6.92 Å². The molecule has 5 heterocycles. The van der Waals surface area contributed by atoms with Gasteiger partial charge in [0.05, 0.1) is 0 Å². The highest BCUT2D eigenvalue weighted by Crippen LogP contribution is 2.46. The van der Waals surface area contributed by atoms with Crippen LogP contribution in [0.2, 0.25) is 0 Å². The number of aryl methyl sites for hydroxylation is 1. The number of thiophene rings is 5. The first-order chi connectivity index (χ1) is 15.4. The van der Waals surface area contributed by atoms with Gasteiger partial charge in [-0.3, -0.25) is 0 Å². The molecular weight excluding hydrogens is 501 g/mol. The smallest absolute Gasteiger partial charge is 0.345 e. The summed E-state index contributed by atoms with van der Waals surface area (Å²) in [5, 5.41) is 18.3. The lowest BCUT2D eigenvalue weighted by Gasteiger charge is -1.94. The molecule has 0 aliphatic carbocycles. The van der Waals surface area contributed by atoms with Gasteiger partial charge in [-0.15, -0.1) is 56.7 Å². The number of rotatable bonds is 6. The van der Waals surface area contributed by atoms with E-state index in [4.69, 9.17) is 10.2 Å². The van der Waals surface area contributed by atoms with Crippen LogP contribution in [0.3, 0.4) is 0 Å². The van der Waals surface area contributed by atoms with Crippen LogP contribution in [0.25, 0.3) is 39.0 Å². The van der Waals surface area contributed by atoms with E-state index in [-0.39, 0.29) is 0 Å². The predicted octanol–water partition coefficient (Wildman–Crippen LogP) is 8.37. The SMILES string of the molecule is Cc1cc(-c2ccc(-c3ccc(C(=O)O)s3)s2)sc1-c1ccc(-c2ccc(C(=O)O)s2)s1. The Balaban J connectivity index is 1.42. The van der Waals surface area contributed by atoms with E-state index >= 15 is 0 Å². The minimum atomic E-state index is -0.895. The van der Waals surface area contributed by atoms with Gasteiger partial charge < -0.3 is 10.2 Å². The average molecular weight is 515 g/mol. The third kappa shape index (κ3) is 3.98. The first-order valence-corrected chi connectivity index (χ1v) is 13.4. The lowest BCUT2D eigenvalue weighted by Crippen LogP contribution is -1.89. The molecule has 4 nitrogen and oxygen atoms in total. The summed E-state index contributed by atoms with van der Waals surface area (Å²) in [6.07, 6.45) is 0. The van der Waals surface area contributed by atoms with Crippen LogP contribution in [0.1, 0.15) is 24.9 Å². The fourth-order valence-electron chi connectivity index (χ4n) is 3.21. The first kappa shape index (κ1) is 21.3. The molecule has 160 valence electrons. The highest BCUT2D eigenvalue weighted by Gasteiger charge is 2.16. The standard InChI is InChI=1S/C23H14O4S5/c1-11-10-20(16-3-2-12(28-16)14-5-8-18(30-14)22(24)25)32-21(11)17-7-4-13(29-17)15-6-9-19(31-15)23(26)27/h2-10H,1H3,(H,24,25)(H,26,27). The summed E-state index contributed by atoms with van der Waals surface area (Å²) < 4.78 is 0. The monoisotopic (exact) mass is 514 g/mol. The van der Waals surface area contributed by atoms with Gasteiger partial charge in [0.15, 0.2) is 0 Å². The van der Waals surface area contributed by atoms with E-state index in [1.165, 1.54) is 42.9 Å². The summed E-state index contributed by atoms with van der Waals surface area (Å²) in [5.74, 6) is -1.79. The number of hydrogen-bond donors (Lipinski definition) is 2. The van der Waals surface area contributed by atoms with Gasteiger partial charge in [0.2, 0.25) is 0 Å². The molecule has 9 heteroatoms. The quantitative estimate of drug-likeness (QED) is 0.239. The molecule has 0 aliphatic heterocycles. The van der Waals surface area contributed by atoms with Gasteiger partial charge in [0, 0.05) is 39.0 Å². The second-order valence-electron chi connectivity index (χ2n) is 6.89. The molecule has 0 radical (unpaired) electrons. The number of carboxylic acid groups (broad SMARTS) is 2. The van der Waals surface area contributed by atoms with Crippen molar-refractivity contribution in [2.75, 3.05) is 0 Å². The molecule has 0 amide bonds. The molecule has 0 atom stereocenters. The molecule has 2 N–H and O–H groups in total. The van der Waals surface area contributed by atoms with Gasteiger partial charge in [-0.05, 0) is 67.1 Å². The summed E-state index contributed by atoms with van der Waals surface area (Å²) in [4.78, 5) is 31.8. The van der Waals surface area contributed by atoms with E-state index in [0.29, 0.717) is 9.75 Å². The van der Waals surface area contributed by atoms with Crippen molar-refractivity contribution in [2.45, 2.75) is 6.92 Å². The zero-order chi connectivity index (χ0) is 22.4. The summed E-state index contributed by atoms with van der Waals surface area (Å²) in [6, 6.07) is 17.5. The molecular formula is C23H14O4S5. The molecule has 5 aromatic heterocycles. The van der Waals surface area contributed by atoms with Crippen molar-refractivity contribution in [1.29, 1.82) is 0 Å². The highest BCUT2D eigenvalue weighted by atomic mass is 32.1. The maximum absolute atomic E-state index is 11.2. The van der Waals surface area contributed by atoms with Crippen molar-refractivity contribution in [3.63, 3.8) is 0 Å². The van der Waals surface area contributed by atoms with Crippen molar-refractivity contribution in [3.8, 4) is 39.0 Å². The van der Waals surface area contributed by atoms with Crippen molar-refractivity contribution in [1.82, 2.24) is 0 Å². The zero-order valence-electron chi connectivity index (χ0n) is 16.4. The van der Waals surface area contributed by atoms with Crippen LogP contribution in [0.5, 0.6) is 0 Å². The van der Waals surface area contributed by atoms with E-state index in [1.807, 2.05) is 18.2 Å². The van der Waals surface area contributed by atoms with E-state index in [9.17, 15) is 9.59 Å². The van der Waals surface area contributed by atoms with Gasteiger partial charge in [0.25, 0.3) is 0 Å². The van der Waals surface area contributed by atoms with Crippen molar-refractivity contribution in [3.05, 3.63) is 69.9 Å². The highest BCUT2D eigenvalue weighted by molar-refractivity contribution is 7.30. The molecule has 0 bridgehead atoms. The Morgan fingerprint density at radius 1 is 0.562 bits per heavy atom. The van der Waals surface area contributed by atoms with E-state index < -0.39 is 11.9 Å². The van der Waals surface area contributed by atoms with Gasteiger partial charge in [0.1, 0.15) is 9.75 Å². The Kier molecular flexibility index (Phi) is 5.60. The van der Waals surface area contributed by atoms with E-state index in [1.54, 1.807) is 46.1 Å². The third-order valence-electron chi connectivity index (χ3n) is 4.72. The number of carbonyl (C=O) groups is 2. The Hall–Kier alpha value is -2.56. The van der Waals surface area contributed by atoms with Crippen LogP contribution in [-0.4, -0.2) is 22.2 Å². The Bertz CT molecular complexity index is 1460. The second-order valence-corrected chi connectivity index (χ2v) is 12.3. The number of aromatic carboxylic acids is 2. The molecule has 0 unspecified atom stereocenters. The Morgan fingerprint density at radius 2 is 0.969 bits per heavy atom. The molecule has 0 fully saturated rings. The topological polar surface area (TPSA) is 74.6 Å². The van der Waals surface area contributed by atoms with Gasteiger partial charge in [-0.2, -0.15) is 0 Å². The summed E-state index contributed by atoms with van der Waals surface area (Å²) in [7, 11) is 0. The average Bonchev–Trinajstić information content (AvgIpc) is 3.57. The summed E-state index contributed by atoms with van der Waals surface area (Å²) in [5.41, 5.74) is 1.20. The molecule has 32 heavy (non-hydrogen) atoms. The normalized spacial score (nSPS) is 11.2. The lowest BCUT2D eigenvalue weighted by molar-refractivity contribution is 0.0691. The maximum Gasteiger partial charge on any atom is 0.345 e. The van der Waals surface area contributed by atoms with E-state index in [0.717, 1.165) is 24.4 Å². The molecule has 0 saturated heterocycles. The molecule has 0 spiro atoms. The maximum atomic E-state index is 11.2. The summed E-state index contributed by atoms with van der Waals surface area (Å²) in [6.45, 7) is 2.11. The van der Waals surface area contributed by atoms with E-state index in [2.05, 4.69) is 31.2 Å². The minimum Gasteiger partial charge on any atom is -0.477 e. The molecule has 0 saturated carbocycles. The fourth-order valence-corrected chi connectivity index (χ4v) is 8.53. The van der Waals surface area contributed by atoms with Crippen LogP contribution >= 0.6 is 56.7 Å². The van der Waals surface area contributed by atoms with Crippen molar-refractivity contribution >= 4 is 68.6 Å². The lowest BCUT2D eigenvalue weighted by atomic mass is 10.2.